The second kappa shape index (κ2) is 6.21. The Bertz CT molecular complexity index is 458. The van der Waals surface area contributed by atoms with Gasteiger partial charge in [-0.2, -0.15) is 0 Å². The van der Waals surface area contributed by atoms with Crippen molar-refractivity contribution in [3.05, 3.63) is 35.4 Å². The summed E-state index contributed by atoms with van der Waals surface area (Å²) in [5.74, 6) is 3.53. The summed E-state index contributed by atoms with van der Waals surface area (Å²) in [4.78, 5) is 14.3. The molecule has 1 aromatic rings. The number of amides is 1. The zero-order chi connectivity index (χ0) is 13.9. The van der Waals surface area contributed by atoms with E-state index in [0.717, 1.165) is 30.7 Å². The largest absolute Gasteiger partial charge is 0.341 e. The third-order valence-electron chi connectivity index (χ3n) is 4.69. The zero-order valence-electron chi connectivity index (χ0n) is 12.2. The average Bonchev–Trinajstić information content (AvgIpc) is 3.02. The highest BCUT2D eigenvalue weighted by Crippen LogP contribution is 2.37. The molecule has 20 heavy (non-hydrogen) atoms. The van der Waals surface area contributed by atoms with Gasteiger partial charge in [0.05, 0.1) is 5.75 Å². The summed E-state index contributed by atoms with van der Waals surface area (Å²) in [5, 5.41) is 0. The molecule has 1 heterocycles. The maximum Gasteiger partial charge on any atom is 0.232 e. The summed E-state index contributed by atoms with van der Waals surface area (Å²) >= 11 is 1.74. The summed E-state index contributed by atoms with van der Waals surface area (Å²) in [5.41, 5.74) is 2.60. The van der Waals surface area contributed by atoms with Crippen molar-refractivity contribution in [3.63, 3.8) is 0 Å². The van der Waals surface area contributed by atoms with Crippen LogP contribution >= 0.6 is 11.8 Å². The number of aryl methyl sites for hydroxylation is 1. The van der Waals surface area contributed by atoms with Crippen LogP contribution in [0.4, 0.5) is 0 Å². The lowest BCUT2D eigenvalue weighted by molar-refractivity contribution is -0.127. The van der Waals surface area contributed by atoms with Gasteiger partial charge >= 0.3 is 0 Å². The summed E-state index contributed by atoms with van der Waals surface area (Å²) in [6.45, 7) is 4.15. The smallest absolute Gasteiger partial charge is 0.232 e. The molecule has 3 heteroatoms. The quantitative estimate of drug-likeness (QED) is 0.845. The van der Waals surface area contributed by atoms with Crippen LogP contribution in [0.1, 0.15) is 30.4 Å². The minimum atomic E-state index is 0.344. The zero-order valence-corrected chi connectivity index (χ0v) is 13.0. The summed E-state index contributed by atoms with van der Waals surface area (Å²) in [6, 6.07) is 8.60. The van der Waals surface area contributed by atoms with Crippen molar-refractivity contribution in [2.45, 2.75) is 31.9 Å². The topological polar surface area (TPSA) is 20.3 Å². The molecule has 1 saturated carbocycles. The molecule has 108 valence electrons. The van der Waals surface area contributed by atoms with Crippen LogP contribution in [-0.2, 0) is 10.5 Å². The molecule has 0 spiro atoms. The Morgan fingerprint density at radius 1 is 1.20 bits per heavy atom. The van der Waals surface area contributed by atoms with Crippen LogP contribution in [0.25, 0.3) is 0 Å². The molecule has 2 fully saturated rings. The number of likely N-dealkylation sites (tertiary alicyclic amines) is 1. The first-order chi connectivity index (χ1) is 9.72. The molecule has 2 aliphatic rings. The molecule has 0 aromatic heterocycles. The van der Waals surface area contributed by atoms with Gasteiger partial charge in [0.15, 0.2) is 0 Å². The molecular weight excluding hydrogens is 266 g/mol. The van der Waals surface area contributed by atoms with E-state index in [2.05, 4.69) is 36.1 Å². The molecule has 1 aromatic carbocycles. The maximum atomic E-state index is 12.2. The lowest BCUT2D eigenvalue weighted by Crippen LogP contribution is -2.31. The van der Waals surface area contributed by atoms with E-state index in [1.807, 2.05) is 0 Å². The molecule has 3 rings (SSSR count). The number of hydrogen-bond acceptors (Lipinski definition) is 2. The standard InChI is InChI=1S/C17H23NOS/c1-13-5-7-14(8-6-13)11-20-12-17(19)18-9-15-3-2-4-16(15)10-18/h5-8,15-16H,2-4,9-12H2,1H3. The summed E-state index contributed by atoms with van der Waals surface area (Å²) in [6.07, 6.45) is 4.05. The van der Waals surface area contributed by atoms with E-state index in [-0.39, 0.29) is 0 Å². The molecular formula is C17H23NOS. The molecule has 0 radical (unpaired) electrons. The monoisotopic (exact) mass is 289 g/mol. The third-order valence-corrected chi connectivity index (χ3v) is 5.68. The number of fused-ring (bicyclic) bond motifs is 1. The molecule has 1 aliphatic carbocycles. The molecule has 2 unspecified atom stereocenters. The van der Waals surface area contributed by atoms with Crippen molar-refractivity contribution in [1.29, 1.82) is 0 Å². The Balaban J connectivity index is 1.42. The van der Waals surface area contributed by atoms with Crippen LogP contribution in [0.5, 0.6) is 0 Å². The predicted molar refractivity (Wildman–Crippen MR) is 84.8 cm³/mol. The van der Waals surface area contributed by atoms with Crippen molar-refractivity contribution in [3.8, 4) is 0 Å². The lowest BCUT2D eigenvalue weighted by Gasteiger charge is -2.17. The number of thioether (sulfide) groups is 1. The molecule has 1 amide bonds. The van der Waals surface area contributed by atoms with Gasteiger partial charge in [-0.05, 0) is 37.2 Å². The fraction of sp³-hybridized carbons (Fsp3) is 0.588. The minimum absolute atomic E-state index is 0.344. The molecule has 0 N–H and O–H groups in total. The van der Waals surface area contributed by atoms with E-state index < -0.39 is 0 Å². The van der Waals surface area contributed by atoms with Gasteiger partial charge in [-0.1, -0.05) is 36.2 Å². The van der Waals surface area contributed by atoms with E-state index in [1.165, 1.54) is 30.4 Å². The molecule has 1 saturated heterocycles. The van der Waals surface area contributed by atoms with Gasteiger partial charge in [-0.15, -0.1) is 11.8 Å². The fourth-order valence-electron chi connectivity index (χ4n) is 3.47. The average molecular weight is 289 g/mol. The van der Waals surface area contributed by atoms with E-state index in [4.69, 9.17) is 0 Å². The van der Waals surface area contributed by atoms with E-state index in [0.29, 0.717) is 11.7 Å². The molecule has 2 nitrogen and oxygen atoms in total. The fourth-order valence-corrected chi connectivity index (χ4v) is 4.36. The first kappa shape index (κ1) is 14.0. The van der Waals surface area contributed by atoms with Crippen molar-refractivity contribution in [2.75, 3.05) is 18.8 Å². The number of nitrogens with zero attached hydrogens (tertiary/aromatic N) is 1. The predicted octanol–water partition coefficient (Wildman–Crippen LogP) is 3.49. The Labute approximate surface area is 125 Å². The lowest BCUT2D eigenvalue weighted by atomic mass is 10.0. The van der Waals surface area contributed by atoms with Gasteiger partial charge in [-0.25, -0.2) is 0 Å². The number of rotatable bonds is 4. The van der Waals surface area contributed by atoms with Crippen LogP contribution in [0.3, 0.4) is 0 Å². The Morgan fingerprint density at radius 3 is 2.50 bits per heavy atom. The number of hydrogen-bond donors (Lipinski definition) is 0. The van der Waals surface area contributed by atoms with Gasteiger partial charge in [-0.3, -0.25) is 4.79 Å². The first-order valence-electron chi connectivity index (χ1n) is 7.63. The number of carbonyl (C=O) groups excluding carboxylic acids is 1. The highest BCUT2D eigenvalue weighted by Gasteiger charge is 2.37. The van der Waals surface area contributed by atoms with Gasteiger partial charge in [0.1, 0.15) is 0 Å². The van der Waals surface area contributed by atoms with Crippen molar-refractivity contribution < 1.29 is 4.79 Å². The second-order valence-corrected chi connectivity index (χ2v) is 7.21. The van der Waals surface area contributed by atoms with Gasteiger partial charge < -0.3 is 4.90 Å². The molecule has 1 aliphatic heterocycles. The Kier molecular flexibility index (Phi) is 4.35. The van der Waals surface area contributed by atoms with Crippen molar-refractivity contribution >= 4 is 17.7 Å². The van der Waals surface area contributed by atoms with Crippen LogP contribution in [0.2, 0.25) is 0 Å². The number of benzene rings is 1. The van der Waals surface area contributed by atoms with E-state index in [9.17, 15) is 4.79 Å². The van der Waals surface area contributed by atoms with Gasteiger partial charge in [0.25, 0.3) is 0 Å². The van der Waals surface area contributed by atoms with E-state index >= 15 is 0 Å². The summed E-state index contributed by atoms with van der Waals surface area (Å²) in [7, 11) is 0. The first-order valence-corrected chi connectivity index (χ1v) is 8.79. The summed E-state index contributed by atoms with van der Waals surface area (Å²) < 4.78 is 0. The van der Waals surface area contributed by atoms with Crippen molar-refractivity contribution in [2.24, 2.45) is 11.8 Å². The van der Waals surface area contributed by atoms with Crippen LogP contribution in [0.15, 0.2) is 24.3 Å². The SMILES string of the molecule is Cc1ccc(CSCC(=O)N2CC3CCCC3C2)cc1. The molecule has 2 atom stereocenters. The van der Waals surface area contributed by atoms with Crippen molar-refractivity contribution in [1.82, 2.24) is 4.90 Å². The van der Waals surface area contributed by atoms with E-state index in [1.54, 1.807) is 11.8 Å². The third kappa shape index (κ3) is 3.20. The van der Waals surface area contributed by atoms with Crippen LogP contribution in [0, 0.1) is 18.8 Å². The van der Waals surface area contributed by atoms with Gasteiger partial charge in [0, 0.05) is 18.8 Å². The normalized spacial score (nSPS) is 24.9. The number of carbonyl (C=O) groups is 1. The minimum Gasteiger partial charge on any atom is -0.341 e. The molecule has 0 bridgehead atoms. The van der Waals surface area contributed by atoms with Gasteiger partial charge in [0.2, 0.25) is 5.91 Å². The highest BCUT2D eigenvalue weighted by atomic mass is 32.2. The Hall–Kier alpha value is -0.960. The second-order valence-electron chi connectivity index (χ2n) is 6.23. The van der Waals surface area contributed by atoms with Crippen LogP contribution < -0.4 is 0 Å². The highest BCUT2D eigenvalue weighted by molar-refractivity contribution is 7.99. The van der Waals surface area contributed by atoms with Crippen LogP contribution in [-0.4, -0.2) is 29.6 Å². The Morgan fingerprint density at radius 2 is 1.85 bits per heavy atom. The maximum absolute atomic E-state index is 12.2.